The number of nitrogens with zero attached hydrogens (tertiary/aromatic N) is 2. The van der Waals surface area contributed by atoms with Gasteiger partial charge in [0, 0.05) is 24.3 Å². The summed E-state index contributed by atoms with van der Waals surface area (Å²) in [6.45, 7) is 2.56. The topological polar surface area (TPSA) is 66.9 Å². The molecule has 0 saturated heterocycles. The fourth-order valence-corrected chi connectivity index (χ4v) is 2.64. The molecular formula is C21H21FN4O. The Morgan fingerprint density at radius 3 is 2.56 bits per heavy atom. The Kier molecular flexibility index (Phi) is 6.10. The zero-order valence-electron chi connectivity index (χ0n) is 15.1. The van der Waals surface area contributed by atoms with Crippen LogP contribution in [-0.4, -0.2) is 22.4 Å². The van der Waals surface area contributed by atoms with Crippen molar-refractivity contribution in [1.82, 2.24) is 15.3 Å². The molecule has 0 aliphatic rings. The van der Waals surface area contributed by atoms with E-state index in [2.05, 4.69) is 32.7 Å². The van der Waals surface area contributed by atoms with Gasteiger partial charge in [0.1, 0.15) is 11.5 Å². The number of benzene rings is 2. The number of aromatic nitrogens is 2. The van der Waals surface area contributed by atoms with Crippen LogP contribution < -0.4 is 10.6 Å². The van der Waals surface area contributed by atoms with Crippen LogP contribution in [0, 0.1) is 12.7 Å². The maximum absolute atomic E-state index is 13.7. The van der Waals surface area contributed by atoms with Crippen LogP contribution in [0.5, 0.6) is 0 Å². The number of carbonyl (C=O) groups excluding carboxylic acids is 1. The molecule has 2 N–H and O–H groups in total. The third kappa shape index (κ3) is 5.34. The zero-order chi connectivity index (χ0) is 19.1. The maximum Gasteiger partial charge on any atom is 0.270 e. The molecule has 0 aliphatic heterocycles. The molecule has 0 radical (unpaired) electrons. The summed E-state index contributed by atoms with van der Waals surface area (Å²) < 4.78 is 13.7. The molecule has 2 aromatic carbocycles. The smallest absolute Gasteiger partial charge is 0.270 e. The molecule has 0 aliphatic carbocycles. The average Bonchev–Trinajstić information content (AvgIpc) is 2.67. The molecule has 6 heteroatoms. The third-order valence-corrected chi connectivity index (χ3v) is 4.02. The van der Waals surface area contributed by atoms with E-state index in [4.69, 9.17) is 0 Å². The van der Waals surface area contributed by atoms with Crippen LogP contribution in [0.3, 0.4) is 0 Å². The van der Waals surface area contributed by atoms with Gasteiger partial charge in [-0.2, -0.15) is 0 Å². The van der Waals surface area contributed by atoms with E-state index in [1.807, 2.05) is 18.2 Å². The Morgan fingerprint density at radius 1 is 1.04 bits per heavy atom. The quantitative estimate of drug-likeness (QED) is 0.673. The van der Waals surface area contributed by atoms with Gasteiger partial charge in [-0.25, -0.2) is 14.4 Å². The van der Waals surface area contributed by atoms with E-state index in [0.29, 0.717) is 23.8 Å². The molecule has 0 unspecified atom stereocenters. The Bertz CT molecular complexity index is 915. The summed E-state index contributed by atoms with van der Waals surface area (Å²) in [6, 6.07) is 18.0. The minimum Gasteiger partial charge on any atom is -0.354 e. The number of amides is 1. The molecule has 1 heterocycles. The van der Waals surface area contributed by atoms with Crippen molar-refractivity contribution < 1.29 is 9.18 Å². The first-order chi connectivity index (χ1) is 13.1. The van der Waals surface area contributed by atoms with Gasteiger partial charge in [0.25, 0.3) is 5.91 Å². The average molecular weight is 364 g/mol. The van der Waals surface area contributed by atoms with E-state index < -0.39 is 0 Å². The molecule has 5 nitrogen and oxygen atoms in total. The van der Waals surface area contributed by atoms with E-state index in [9.17, 15) is 9.18 Å². The van der Waals surface area contributed by atoms with E-state index in [-0.39, 0.29) is 24.0 Å². The lowest BCUT2D eigenvalue weighted by molar-refractivity contribution is 0.0945. The van der Waals surface area contributed by atoms with Crippen molar-refractivity contribution in [2.45, 2.75) is 19.9 Å². The molecule has 0 fully saturated rings. The van der Waals surface area contributed by atoms with Crippen molar-refractivity contribution in [2.24, 2.45) is 0 Å². The molecule has 27 heavy (non-hydrogen) atoms. The van der Waals surface area contributed by atoms with Crippen LogP contribution in [0.25, 0.3) is 0 Å². The van der Waals surface area contributed by atoms with Gasteiger partial charge < -0.3 is 10.6 Å². The second-order valence-corrected chi connectivity index (χ2v) is 6.15. The predicted molar refractivity (Wildman–Crippen MR) is 103 cm³/mol. The second kappa shape index (κ2) is 8.89. The minimum absolute atomic E-state index is 0.103. The highest BCUT2D eigenvalue weighted by Gasteiger charge is 2.11. The van der Waals surface area contributed by atoms with Gasteiger partial charge in [-0.3, -0.25) is 4.79 Å². The maximum atomic E-state index is 13.7. The minimum atomic E-state index is -0.366. The van der Waals surface area contributed by atoms with Crippen LogP contribution in [0.1, 0.15) is 27.3 Å². The summed E-state index contributed by atoms with van der Waals surface area (Å²) >= 11 is 0. The summed E-state index contributed by atoms with van der Waals surface area (Å²) in [4.78, 5) is 21.0. The lowest BCUT2D eigenvalue weighted by Gasteiger charge is -2.09. The van der Waals surface area contributed by atoms with E-state index in [1.54, 1.807) is 31.2 Å². The summed E-state index contributed by atoms with van der Waals surface area (Å²) in [7, 11) is 0. The Hall–Kier alpha value is -3.28. The molecule has 1 amide bonds. The first-order valence-corrected chi connectivity index (χ1v) is 8.77. The first-order valence-electron chi connectivity index (χ1n) is 8.77. The molecule has 0 saturated carbocycles. The number of halogens is 1. The lowest BCUT2D eigenvalue weighted by atomic mass is 10.1. The van der Waals surface area contributed by atoms with Crippen molar-refractivity contribution in [3.63, 3.8) is 0 Å². The molecule has 0 atom stereocenters. The van der Waals surface area contributed by atoms with Gasteiger partial charge in [0.2, 0.25) is 5.95 Å². The van der Waals surface area contributed by atoms with E-state index >= 15 is 0 Å². The SMILES string of the molecule is Cc1cc(C(=O)NCc2ccccc2F)nc(NCCc2ccccc2)n1. The number of nitrogens with one attached hydrogen (secondary N) is 2. The lowest BCUT2D eigenvalue weighted by Crippen LogP contribution is -2.25. The largest absolute Gasteiger partial charge is 0.354 e. The van der Waals surface area contributed by atoms with Crippen LogP contribution in [0.2, 0.25) is 0 Å². The Balaban J connectivity index is 1.60. The van der Waals surface area contributed by atoms with Crippen molar-refractivity contribution in [3.8, 4) is 0 Å². The van der Waals surface area contributed by atoms with Crippen molar-refractivity contribution in [3.05, 3.63) is 89.0 Å². The highest BCUT2D eigenvalue weighted by atomic mass is 19.1. The van der Waals surface area contributed by atoms with Crippen LogP contribution in [0.15, 0.2) is 60.7 Å². The van der Waals surface area contributed by atoms with E-state index in [1.165, 1.54) is 11.6 Å². The van der Waals surface area contributed by atoms with Crippen molar-refractivity contribution >= 4 is 11.9 Å². The standard InChI is InChI=1S/C21H21FN4O/c1-15-13-19(20(27)24-14-17-9-5-6-10-18(17)22)26-21(25-15)23-12-11-16-7-3-2-4-8-16/h2-10,13H,11-12,14H2,1H3,(H,24,27)(H,23,25,26). The summed E-state index contributed by atoms with van der Waals surface area (Å²) in [5.41, 5.74) is 2.57. The van der Waals surface area contributed by atoms with Gasteiger partial charge in [0.15, 0.2) is 0 Å². The van der Waals surface area contributed by atoms with Crippen LogP contribution in [0.4, 0.5) is 10.3 Å². The van der Waals surface area contributed by atoms with Gasteiger partial charge in [0.05, 0.1) is 0 Å². The summed E-state index contributed by atoms with van der Waals surface area (Å²) in [5, 5.41) is 5.85. The van der Waals surface area contributed by atoms with Gasteiger partial charge >= 0.3 is 0 Å². The highest BCUT2D eigenvalue weighted by molar-refractivity contribution is 5.92. The number of hydrogen-bond acceptors (Lipinski definition) is 4. The normalized spacial score (nSPS) is 10.4. The zero-order valence-corrected chi connectivity index (χ0v) is 15.1. The van der Waals surface area contributed by atoms with Crippen LogP contribution >= 0.6 is 0 Å². The molecule has 0 spiro atoms. The molecular weight excluding hydrogens is 343 g/mol. The molecule has 0 bridgehead atoms. The van der Waals surface area contributed by atoms with Gasteiger partial charge in [-0.1, -0.05) is 48.5 Å². The highest BCUT2D eigenvalue weighted by Crippen LogP contribution is 2.08. The number of anilines is 1. The Morgan fingerprint density at radius 2 is 1.78 bits per heavy atom. The third-order valence-electron chi connectivity index (χ3n) is 4.02. The Labute approximate surface area is 157 Å². The van der Waals surface area contributed by atoms with Crippen molar-refractivity contribution in [1.29, 1.82) is 0 Å². The van der Waals surface area contributed by atoms with Gasteiger partial charge in [-0.05, 0) is 31.0 Å². The number of carbonyl (C=O) groups is 1. The molecule has 3 rings (SSSR count). The fraction of sp³-hybridized carbons (Fsp3) is 0.190. The summed E-state index contributed by atoms with van der Waals surface area (Å²) in [6.07, 6.45) is 0.826. The summed E-state index contributed by atoms with van der Waals surface area (Å²) in [5.74, 6) is -0.309. The van der Waals surface area contributed by atoms with E-state index in [0.717, 1.165) is 6.42 Å². The number of aryl methyl sites for hydroxylation is 1. The fourth-order valence-electron chi connectivity index (χ4n) is 2.64. The van der Waals surface area contributed by atoms with Crippen molar-refractivity contribution in [2.75, 3.05) is 11.9 Å². The van der Waals surface area contributed by atoms with Gasteiger partial charge in [-0.15, -0.1) is 0 Å². The first kappa shape index (κ1) is 18.5. The number of hydrogen-bond donors (Lipinski definition) is 2. The predicted octanol–water partition coefficient (Wildman–Crippen LogP) is 3.51. The van der Waals surface area contributed by atoms with Crippen LogP contribution in [-0.2, 0) is 13.0 Å². The molecule has 1 aromatic heterocycles. The molecule has 138 valence electrons. The number of rotatable bonds is 7. The second-order valence-electron chi connectivity index (χ2n) is 6.15. The molecule has 3 aromatic rings. The monoisotopic (exact) mass is 364 g/mol.